The van der Waals surface area contributed by atoms with E-state index < -0.39 is 0 Å². The molecule has 4 heterocycles. The van der Waals surface area contributed by atoms with Crippen molar-refractivity contribution in [3.05, 3.63) is 85.1 Å². The molecule has 0 atom stereocenters. The van der Waals surface area contributed by atoms with Gasteiger partial charge in [0.2, 0.25) is 0 Å². The molecule has 2 aromatic carbocycles. The quantitative estimate of drug-likeness (QED) is 0.414. The summed E-state index contributed by atoms with van der Waals surface area (Å²) in [4.78, 5) is 16.9. The monoisotopic (exact) mass is 406 g/mol. The molecule has 148 valence electrons. The molecule has 0 amide bonds. The maximum atomic E-state index is 13.4. The molecule has 0 saturated carbocycles. The van der Waals surface area contributed by atoms with E-state index in [0.717, 1.165) is 44.3 Å². The number of hydrogen-bond acceptors (Lipinski definition) is 4. The van der Waals surface area contributed by atoms with Crippen LogP contribution in [-0.4, -0.2) is 30.1 Å². The summed E-state index contributed by atoms with van der Waals surface area (Å²) >= 11 is 0. The van der Waals surface area contributed by atoms with Crippen LogP contribution in [0.5, 0.6) is 0 Å². The van der Waals surface area contributed by atoms with Gasteiger partial charge in [-0.05, 0) is 42.0 Å². The van der Waals surface area contributed by atoms with Crippen LogP contribution in [0.25, 0.3) is 55.8 Å². The first-order chi connectivity index (χ1) is 15.3. The zero-order valence-corrected chi connectivity index (χ0v) is 16.2. The number of nitrogens with one attached hydrogen (secondary N) is 2. The molecule has 2 N–H and O–H groups in total. The minimum absolute atomic E-state index is 0.264. The van der Waals surface area contributed by atoms with E-state index in [1.165, 1.54) is 12.1 Å². The van der Waals surface area contributed by atoms with Gasteiger partial charge in [0.15, 0.2) is 5.82 Å². The molecule has 4 aromatic heterocycles. The van der Waals surface area contributed by atoms with Gasteiger partial charge in [-0.2, -0.15) is 5.10 Å². The van der Waals surface area contributed by atoms with E-state index in [-0.39, 0.29) is 5.82 Å². The topological polar surface area (TPSA) is 83.1 Å². The molecule has 0 aliphatic rings. The summed E-state index contributed by atoms with van der Waals surface area (Å²) in [5, 5.41) is 8.43. The van der Waals surface area contributed by atoms with Crippen LogP contribution in [0.3, 0.4) is 0 Å². The minimum atomic E-state index is -0.264. The highest BCUT2D eigenvalue weighted by atomic mass is 19.1. The van der Waals surface area contributed by atoms with Gasteiger partial charge in [0.1, 0.15) is 11.5 Å². The van der Waals surface area contributed by atoms with Gasteiger partial charge in [-0.3, -0.25) is 15.1 Å². The number of hydrogen-bond donors (Lipinski definition) is 2. The normalized spacial score (nSPS) is 11.4. The van der Waals surface area contributed by atoms with Crippen LogP contribution in [0.1, 0.15) is 0 Å². The summed E-state index contributed by atoms with van der Waals surface area (Å²) in [6, 6.07) is 18.2. The van der Waals surface area contributed by atoms with E-state index in [9.17, 15) is 4.39 Å². The molecule has 0 saturated heterocycles. The van der Waals surface area contributed by atoms with E-state index in [0.29, 0.717) is 11.5 Å². The van der Waals surface area contributed by atoms with Crippen molar-refractivity contribution in [2.24, 2.45) is 0 Å². The fourth-order valence-corrected chi connectivity index (χ4v) is 3.78. The molecule has 31 heavy (non-hydrogen) atoms. The summed E-state index contributed by atoms with van der Waals surface area (Å²) in [6.07, 6.45) is 5.28. The first-order valence-electron chi connectivity index (χ1n) is 9.76. The summed E-state index contributed by atoms with van der Waals surface area (Å²) in [5.74, 6) is 0.388. The minimum Gasteiger partial charge on any atom is -0.337 e. The highest BCUT2D eigenvalue weighted by molar-refractivity contribution is 5.97. The second-order valence-electron chi connectivity index (χ2n) is 7.22. The molecule has 6 nitrogen and oxygen atoms in total. The van der Waals surface area contributed by atoms with Crippen molar-refractivity contribution in [2.45, 2.75) is 0 Å². The fraction of sp³-hybridized carbons (Fsp3) is 0. The molecule has 6 aromatic rings. The Bertz CT molecular complexity index is 1530. The van der Waals surface area contributed by atoms with Crippen molar-refractivity contribution >= 4 is 21.9 Å². The van der Waals surface area contributed by atoms with Gasteiger partial charge in [0.25, 0.3) is 0 Å². The second kappa shape index (κ2) is 6.84. The van der Waals surface area contributed by atoms with Crippen LogP contribution >= 0.6 is 0 Å². The number of benzene rings is 2. The van der Waals surface area contributed by atoms with Crippen molar-refractivity contribution in [3.8, 4) is 33.9 Å². The van der Waals surface area contributed by atoms with E-state index >= 15 is 0 Å². The fourth-order valence-electron chi connectivity index (χ4n) is 3.78. The van der Waals surface area contributed by atoms with Gasteiger partial charge in [-0.1, -0.05) is 24.3 Å². The largest absolute Gasteiger partial charge is 0.337 e. The number of imidazole rings is 1. The van der Waals surface area contributed by atoms with Crippen molar-refractivity contribution in [1.29, 1.82) is 0 Å². The average molecular weight is 406 g/mol. The Labute approximate surface area is 175 Å². The van der Waals surface area contributed by atoms with Gasteiger partial charge in [0.05, 0.1) is 28.4 Å². The van der Waals surface area contributed by atoms with Crippen LogP contribution in [0.2, 0.25) is 0 Å². The third-order valence-corrected chi connectivity index (χ3v) is 5.30. The number of rotatable bonds is 3. The third-order valence-electron chi connectivity index (χ3n) is 5.30. The van der Waals surface area contributed by atoms with Gasteiger partial charge >= 0.3 is 0 Å². The predicted octanol–water partition coefficient (Wildman–Crippen LogP) is 5.37. The standard InChI is InChI=1S/C24H15FN6/c25-16-8-6-14(7-9-16)17-4-1-5-19-22(17)29-24(28-19)23-18-11-20(15-3-2-10-26-12-15)27-13-21(18)30-31-23/h1-13H,(H,28,29)(H,30,31). The SMILES string of the molecule is Fc1ccc(-c2cccc3[nH]c(-c4n[nH]c5cnc(-c6cccnc6)cc45)nc23)cc1. The Balaban J connectivity index is 1.51. The second-order valence-corrected chi connectivity index (χ2v) is 7.22. The van der Waals surface area contributed by atoms with Crippen LogP contribution in [0.15, 0.2) is 79.3 Å². The number of pyridine rings is 2. The Morgan fingerprint density at radius 3 is 2.58 bits per heavy atom. The number of para-hydroxylation sites is 1. The van der Waals surface area contributed by atoms with Crippen molar-refractivity contribution < 1.29 is 4.39 Å². The third kappa shape index (κ3) is 2.95. The predicted molar refractivity (Wildman–Crippen MR) is 118 cm³/mol. The zero-order valence-electron chi connectivity index (χ0n) is 16.2. The van der Waals surface area contributed by atoms with Gasteiger partial charge in [-0.25, -0.2) is 9.37 Å². The maximum absolute atomic E-state index is 13.4. The van der Waals surface area contributed by atoms with E-state index in [2.05, 4.69) is 25.1 Å². The highest BCUT2D eigenvalue weighted by Gasteiger charge is 2.16. The Hall–Kier alpha value is -4.39. The molecule has 0 aliphatic carbocycles. The molecule has 7 heteroatoms. The van der Waals surface area contributed by atoms with E-state index in [4.69, 9.17) is 4.98 Å². The molecule has 0 radical (unpaired) electrons. The maximum Gasteiger partial charge on any atom is 0.159 e. The van der Waals surface area contributed by atoms with Gasteiger partial charge < -0.3 is 4.98 Å². The lowest BCUT2D eigenvalue weighted by atomic mass is 10.0. The molecule has 6 rings (SSSR count). The molecular weight excluding hydrogens is 391 g/mol. The number of nitrogens with zero attached hydrogens (tertiary/aromatic N) is 4. The molecule has 0 fully saturated rings. The smallest absolute Gasteiger partial charge is 0.159 e. The average Bonchev–Trinajstić information content (AvgIpc) is 3.43. The lowest BCUT2D eigenvalue weighted by Gasteiger charge is -2.02. The van der Waals surface area contributed by atoms with Gasteiger partial charge in [0, 0.05) is 28.9 Å². The van der Waals surface area contributed by atoms with E-state index in [1.807, 2.05) is 36.4 Å². The van der Waals surface area contributed by atoms with Crippen LogP contribution < -0.4 is 0 Å². The zero-order chi connectivity index (χ0) is 20.8. The van der Waals surface area contributed by atoms with E-state index in [1.54, 1.807) is 30.7 Å². The number of H-pyrrole nitrogens is 2. The molecule has 0 unspecified atom stereocenters. The summed E-state index contributed by atoms with van der Waals surface area (Å²) < 4.78 is 13.4. The summed E-state index contributed by atoms with van der Waals surface area (Å²) in [6.45, 7) is 0. The van der Waals surface area contributed by atoms with Crippen LogP contribution in [0, 0.1) is 5.82 Å². The molecule has 0 spiro atoms. The Morgan fingerprint density at radius 2 is 1.74 bits per heavy atom. The molecular formula is C24H15FN6. The molecule has 0 aliphatic heterocycles. The first-order valence-corrected chi connectivity index (χ1v) is 9.76. The number of fused-ring (bicyclic) bond motifs is 2. The number of aromatic amines is 2. The van der Waals surface area contributed by atoms with Crippen molar-refractivity contribution in [3.63, 3.8) is 0 Å². The Kier molecular flexibility index (Phi) is 3.86. The van der Waals surface area contributed by atoms with Crippen molar-refractivity contribution in [1.82, 2.24) is 30.1 Å². The number of halogens is 1. The lowest BCUT2D eigenvalue weighted by Crippen LogP contribution is -1.85. The number of aromatic nitrogens is 6. The first kappa shape index (κ1) is 17.5. The summed E-state index contributed by atoms with van der Waals surface area (Å²) in [7, 11) is 0. The van der Waals surface area contributed by atoms with Crippen LogP contribution in [-0.2, 0) is 0 Å². The lowest BCUT2D eigenvalue weighted by molar-refractivity contribution is 0.628. The van der Waals surface area contributed by atoms with Crippen LogP contribution in [0.4, 0.5) is 4.39 Å². The molecule has 0 bridgehead atoms. The van der Waals surface area contributed by atoms with Gasteiger partial charge in [-0.15, -0.1) is 0 Å². The Morgan fingerprint density at radius 1 is 0.839 bits per heavy atom. The van der Waals surface area contributed by atoms with Crippen molar-refractivity contribution in [2.75, 3.05) is 0 Å². The highest BCUT2D eigenvalue weighted by Crippen LogP contribution is 2.32. The summed E-state index contributed by atoms with van der Waals surface area (Å²) in [5.41, 5.74) is 6.80.